The largest absolute Gasteiger partial charge is 0.481 e. The summed E-state index contributed by atoms with van der Waals surface area (Å²) >= 11 is 0. The van der Waals surface area contributed by atoms with Gasteiger partial charge < -0.3 is 5.11 Å². The van der Waals surface area contributed by atoms with E-state index in [0.29, 0.717) is 6.42 Å². The molecular formula is C10H20O2Pd. The molecule has 0 bridgehead atoms. The van der Waals surface area contributed by atoms with E-state index in [4.69, 9.17) is 5.11 Å². The van der Waals surface area contributed by atoms with E-state index in [1.54, 1.807) is 0 Å². The Morgan fingerprint density at radius 3 is 1.46 bits per heavy atom. The molecule has 0 aromatic heterocycles. The number of carboxylic acids is 1. The van der Waals surface area contributed by atoms with Crippen molar-refractivity contribution in [1.29, 1.82) is 0 Å². The van der Waals surface area contributed by atoms with Crippen molar-refractivity contribution in [1.82, 2.24) is 0 Å². The van der Waals surface area contributed by atoms with Crippen molar-refractivity contribution in [3.8, 4) is 0 Å². The fraction of sp³-hybridized carbons (Fsp3) is 0.900. The zero-order valence-electron chi connectivity index (χ0n) is 8.33. The van der Waals surface area contributed by atoms with Gasteiger partial charge in [0.25, 0.3) is 0 Å². The van der Waals surface area contributed by atoms with Gasteiger partial charge in [-0.1, -0.05) is 45.4 Å². The number of aliphatic carboxylic acids is 1. The molecule has 0 saturated heterocycles. The van der Waals surface area contributed by atoms with Gasteiger partial charge in [0.2, 0.25) is 0 Å². The topological polar surface area (TPSA) is 37.3 Å². The summed E-state index contributed by atoms with van der Waals surface area (Å²) in [5, 5.41) is 7.91. The molecule has 0 aliphatic heterocycles. The summed E-state index contributed by atoms with van der Waals surface area (Å²) in [6.45, 7) is 1.84. The maximum atomic E-state index is 9.60. The van der Waals surface area contributed by atoms with Crippen LogP contribution in [-0.4, -0.2) is 11.1 Å². The maximum absolute atomic E-state index is 9.60. The van der Waals surface area contributed by atoms with E-state index in [9.17, 15) is 4.79 Å². The van der Waals surface area contributed by atoms with E-state index in [1.165, 1.54) is 38.5 Å². The fourth-order valence-electron chi connectivity index (χ4n) is 1.27. The third-order valence-electron chi connectivity index (χ3n) is 1.96. The molecule has 0 atom stereocenters. The van der Waals surface area contributed by atoms with Crippen LogP contribution in [0.4, 0.5) is 0 Å². The number of carbonyl (C=O) groups is 1. The summed E-state index contributed by atoms with van der Waals surface area (Å²) in [7, 11) is 0. The van der Waals surface area contributed by atoms with Crippen LogP contribution in [0.3, 0.4) is 0 Å². The SMILES string of the molecule is C1CCCCC1.CCCC(=O)O.[Pd]. The van der Waals surface area contributed by atoms with Crippen LogP contribution in [0, 0.1) is 0 Å². The second kappa shape index (κ2) is 12.1. The van der Waals surface area contributed by atoms with Crippen molar-refractivity contribution in [2.75, 3.05) is 0 Å². The number of hydrogen-bond acceptors (Lipinski definition) is 1. The van der Waals surface area contributed by atoms with Crippen molar-refractivity contribution in [3.63, 3.8) is 0 Å². The zero-order valence-corrected chi connectivity index (χ0v) is 9.88. The molecule has 3 heteroatoms. The van der Waals surface area contributed by atoms with Gasteiger partial charge in [0.15, 0.2) is 0 Å². The molecule has 1 saturated carbocycles. The predicted molar refractivity (Wildman–Crippen MR) is 50.2 cm³/mol. The number of hydrogen-bond donors (Lipinski definition) is 1. The van der Waals surface area contributed by atoms with Crippen LogP contribution >= 0.6 is 0 Å². The molecule has 0 aromatic carbocycles. The third kappa shape index (κ3) is 14.9. The average molecular weight is 279 g/mol. The van der Waals surface area contributed by atoms with E-state index >= 15 is 0 Å². The third-order valence-corrected chi connectivity index (χ3v) is 1.96. The smallest absolute Gasteiger partial charge is 0.303 e. The van der Waals surface area contributed by atoms with E-state index in [0.717, 1.165) is 6.42 Å². The molecule has 0 amide bonds. The first kappa shape index (κ1) is 15.6. The van der Waals surface area contributed by atoms with Crippen molar-refractivity contribution < 1.29 is 30.3 Å². The van der Waals surface area contributed by atoms with Gasteiger partial charge in [-0.2, -0.15) is 0 Å². The molecule has 1 aliphatic rings. The average Bonchev–Trinajstić information content (AvgIpc) is 2.08. The van der Waals surface area contributed by atoms with Crippen LogP contribution < -0.4 is 0 Å². The minimum atomic E-state index is -0.711. The van der Waals surface area contributed by atoms with Gasteiger partial charge in [0, 0.05) is 26.8 Å². The van der Waals surface area contributed by atoms with Gasteiger partial charge in [-0.25, -0.2) is 0 Å². The van der Waals surface area contributed by atoms with Gasteiger partial charge in [0.1, 0.15) is 0 Å². The van der Waals surface area contributed by atoms with Crippen molar-refractivity contribution in [2.24, 2.45) is 0 Å². The Labute approximate surface area is 94.8 Å². The van der Waals surface area contributed by atoms with Crippen molar-refractivity contribution in [2.45, 2.75) is 58.3 Å². The minimum absolute atomic E-state index is 0. The van der Waals surface area contributed by atoms with E-state index in [-0.39, 0.29) is 20.4 Å². The molecule has 0 spiro atoms. The molecule has 0 unspecified atom stereocenters. The Kier molecular flexibility index (Phi) is 14.6. The van der Waals surface area contributed by atoms with Gasteiger partial charge in [-0.15, -0.1) is 0 Å². The molecule has 2 nitrogen and oxygen atoms in total. The second-order valence-corrected chi connectivity index (χ2v) is 3.27. The summed E-state index contributed by atoms with van der Waals surface area (Å²) in [6, 6.07) is 0. The van der Waals surface area contributed by atoms with E-state index < -0.39 is 5.97 Å². The summed E-state index contributed by atoms with van der Waals surface area (Å²) in [5.74, 6) is -0.711. The van der Waals surface area contributed by atoms with Gasteiger partial charge >= 0.3 is 5.97 Å². The Bertz CT molecular complexity index is 100.0. The first-order valence-electron chi connectivity index (χ1n) is 4.99. The molecule has 0 radical (unpaired) electrons. The summed E-state index contributed by atoms with van der Waals surface area (Å²) in [5.41, 5.74) is 0. The number of rotatable bonds is 2. The zero-order chi connectivity index (χ0) is 9.23. The number of carboxylic acid groups (broad SMARTS) is 1. The molecule has 1 rings (SSSR count). The normalized spacial score (nSPS) is 14.8. The maximum Gasteiger partial charge on any atom is 0.303 e. The minimum Gasteiger partial charge on any atom is -0.481 e. The van der Waals surface area contributed by atoms with Crippen LogP contribution in [-0.2, 0) is 25.2 Å². The van der Waals surface area contributed by atoms with Crippen LogP contribution in [0.2, 0.25) is 0 Å². The molecule has 13 heavy (non-hydrogen) atoms. The molecule has 0 aromatic rings. The van der Waals surface area contributed by atoms with Crippen molar-refractivity contribution >= 4 is 5.97 Å². The van der Waals surface area contributed by atoms with Gasteiger partial charge in [0.05, 0.1) is 0 Å². The van der Waals surface area contributed by atoms with Crippen LogP contribution in [0.5, 0.6) is 0 Å². The summed E-state index contributed by atoms with van der Waals surface area (Å²) < 4.78 is 0. The van der Waals surface area contributed by atoms with E-state index in [1.807, 2.05) is 6.92 Å². The van der Waals surface area contributed by atoms with Crippen LogP contribution in [0.25, 0.3) is 0 Å². The van der Waals surface area contributed by atoms with Crippen LogP contribution in [0.1, 0.15) is 58.3 Å². The molecule has 1 aliphatic carbocycles. The van der Waals surface area contributed by atoms with Gasteiger partial charge in [-0.05, 0) is 6.42 Å². The van der Waals surface area contributed by atoms with Crippen molar-refractivity contribution in [3.05, 3.63) is 0 Å². The predicted octanol–water partition coefficient (Wildman–Crippen LogP) is 3.21. The van der Waals surface area contributed by atoms with Crippen LogP contribution in [0.15, 0.2) is 0 Å². The fourth-order valence-corrected chi connectivity index (χ4v) is 1.27. The van der Waals surface area contributed by atoms with Gasteiger partial charge in [-0.3, -0.25) is 4.79 Å². The first-order valence-corrected chi connectivity index (χ1v) is 4.99. The summed E-state index contributed by atoms with van der Waals surface area (Å²) in [6.07, 6.45) is 10.0. The quantitative estimate of drug-likeness (QED) is 0.788. The molecule has 1 fully saturated rings. The summed E-state index contributed by atoms with van der Waals surface area (Å²) in [4.78, 5) is 9.60. The van der Waals surface area contributed by atoms with E-state index in [2.05, 4.69) is 0 Å². The Balaban J connectivity index is 0. The standard InChI is InChI=1S/C6H12.C4H8O2.Pd/c1-2-4-6-5-3-1;1-2-3-4(5)6;/h1-6H2;2-3H2,1H3,(H,5,6);. The molecule has 82 valence electrons. The monoisotopic (exact) mass is 278 g/mol. The molecule has 1 N–H and O–H groups in total. The Morgan fingerprint density at radius 1 is 1.08 bits per heavy atom. The first-order chi connectivity index (χ1) is 5.77. The molecule has 0 heterocycles. The molecular weight excluding hydrogens is 259 g/mol. The second-order valence-electron chi connectivity index (χ2n) is 3.27. The Morgan fingerprint density at radius 2 is 1.38 bits per heavy atom. The Hall–Kier alpha value is 0.132.